The number of rotatable bonds is 3. The standard InChI is InChI=1S/C21H25N3O2S/c25-19(15-9-4-3-5-10-15)23-21-22-18-16(11-8-12-17(18)27-21)20(26)24-13-6-1-2-7-14-24/h3-5,9-10,16H,1-2,6-8,11-14H2,(H,22,23,25). The number of aromatic nitrogens is 1. The SMILES string of the molecule is O=C(Nc1nc2c(s1)CCCC2C(=O)N1CCCCCC1)c1ccccc1. The summed E-state index contributed by atoms with van der Waals surface area (Å²) < 4.78 is 0. The van der Waals surface area contributed by atoms with E-state index in [1.165, 1.54) is 24.2 Å². The van der Waals surface area contributed by atoms with Gasteiger partial charge in [-0.05, 0) is 44.2 Å². The van der Waals surface area contributed by atoms with Gasteiger partial charge in [0.2, 0.25) is 5.91 Å². The smallest absolute Gasteiger partial charge is 0.257 e. The molecule has 1 aromatic carbocycles. The van der Waals surface area contributed by atoms with Crippen LogP contribution in [0.1, 0.15) is 65.4 Å². The van der Waals surface area contributed by atoms with Crippen LogP contribution in [-0.4, -0.2) is 34.8 Å². The summed E-state index contributed by atoms with van der Waals surface area (Å²) in [6.45, 7) is 1.73. The molecule has 0 radical (unpaired) electrons. The van der Waals surface area contributed by atoms with E-state index in [0.717, 1.165) is 55.8 Å². The van der Waals surface area contributed by atoms with Crippen LogP contribution in [0.2, 0.25) is 0 Å². The number of hydrogen-bond donors (Lipinski definition) is 1. The molecule has 1 aliphatic heterocycles. The molecule has 0 saturated carbocycles. The number of fused-ring (bicyclic) bond motifs is 1. The van der Waals surface area contributed by atoms with Crippen LogP contribution >= 0.6 is 11.3 Å². The number of anilines is 1. The van der Waals surface area contributed by atoms with E-state index in [2.05, 4.69) is 10.3 Å². The molecular weight excluding hydrogens is 358 g/mol. The molecular formula is C21H25N3O2S. The Labute approximate surface area is 163 Å². The second-order valence-electron chi connectivity index (χ2n) is 7.33. The highest BCUT2D eigenvalue weighted by atomic mass is 32.1. The lowest BCUT2D eigenvalue weighted by Gasteiger charge is -2.27. The molecule has 2 aromatic rings. The molecule has 6 heteroatoms. The number of benzene rings is 1. The fourth-order valence-electron chi connectivity index (χ4n) is 3.98. The molecule has 1 aromatic heterocycles. The summed E-state index contributed by atoms with van der Waals surface area (Å²) in [7, 11) is 0. The molecule has 1 N–H and O–H groups in total. The first kappa shape index (κ1) is 18.2. The summed E-state index contributed by atoms with van der Waals surface area (Å²) in [6, 6.07) is 9.15. The van der Waals surface area contributed by atoms with Gasteiger partial charge in [-0.2, -0.15) is 0 Å². The van der Waals surface area contributed by atoms with Crippen LogP contribution in [0.25, 0.3) is 0 Å². The van der Waals surface area contributed by atoms with E-state index < -0.39 is 0 Å². The Hall–Kier alpha value is -2.21. The Morgan fingerprint density at radius 2 is 1.78 bits per heavy atom. The Balaban J connectivity index is 1.51. The lowest BCUT2D eigenvalue weighted by atomic mass is 9.90. The van der Waals surface area contributed by atoms with Crippen LogP contribution in [-0.2, 0) is 11.2 Å². The van der Waals surface area contributed by atoms with E-state index in [1.807, 2.05) is 23.1 Å². The average Bonchev–Trinajstić information content (AvgIpc) is 2.92. The van der Waals surface area contributed by atoms with Gasteiger partial charge in [-0.1, -0.05) is 31.0 Å². The molecule has 1 saturated heterocycles. The second kappa shape index (κ2) is 8.21. The number of nitrogens with zero attached hydrogens (tertiary/aromatic N) is 2. The number of aryl methyl sites for hydroxylation is 1. The number of thiazole rings is 1. The number of carbonyl (C=O) groups excluding carboxylic acids is 2. The van der Waals surface area contributed by atoms with Crippen LogP contribution < -0.4 is 5.32 Å². The quantitative estimate of drug-likeness (QED) is 0.863. The van der Waals surface area contributed by atoms with E-state index in [1.54, 1.807) is 12.1 Å². The molecule has 27 heavy (non-hydrogen) atoms. The number of likely N-dealkylation sites (tertiary alicyclic amines) is 1. The zero-order valence-corrected chi connectivity index (χ0v) is 16.3. The molecule has 2 amide bonds. The van der Waals surface area contributed by atoms with Gasteiger partial charge in [0, 0.05) is 23.5 Å². The van der Waals surface area contributed by atoms with Crippen molar-refractivity contribution in [3.63, 3.8) is 0 Å². The average molecular weight is 384 g/mol. The fraction of sp³-hybridized carbons (Fsp3) is 0.476. The van der Waals surface area contributed by atoms with Crippen LogP contribution in [0.3, 0.4) is 0 Å². The molecule has 0 spiro atoms. The van der Waals surface area contributed by atoms with Gasteiger partial charge >= 0.3 is 0 Å². The van der Waals surface area contributed by atoms with Crippen molar-refractivity contribution in [1.82, 2.24) is 9.88 Å². The Bertz CT molecular complexity index is 810. The predicted octanol–water partition coefficient (Wildman–Crippen LogP) is 4.22. The van der Waals surface area contributed by atoms with E-state index in [0.29, 0.717) is 10.7 Å². The molecule has 0 bridgehead atoms. The van der Waals surface area contributed by atoms with Gasteiger partial charge in [0.15, 0.2) is 5.13 Å². The molecule has 2 aliphatic rings. The lowest BCUT2D eigenvalue weighted by molar-refractivity contribution is -0.133. The highest BCUT2D eigenvalue weighted by Gasteiger charge is 2.33. The number of hydrogen-bond acceptors (Lipinski definition) is 4. The third kappa shape index (κ3) is 4.05. The normalized spacial score (nSPS) is 19.9. The van der Waals surface area contributed by atoms with Gasteiger partial charge in [-0.25, -0.2) is 4.98 Å². The molecule has 5 nitrogen and oxygen atoms in total. The Kier molecular flexibility index (Phi) is 5.53. The van der Waals surface area contributed by atoms with E-state index in [4.69, 9.17) is 0 Å². The number of amides is 2. The van der Waals surface area contributed by atoms with Crippen molar-refractivity contribution in [2.45, 2.75) is 50.9 Å². The minimum absolute atomic E-state index is 0.148. The topological polar surface area (TPSA) is 62.3 Å². The Morgan fingerprint density at radius 1 is 1.04 bits per heavy atom. The first-order valence-electron chi connectivity index (χ1n) is 9.87. The van der Waals surface area contributed by atoms with Crippen LogP contribution in [0.5, 0.6) is 0 Å². The van der Waals surface area contributed by atoms with Gasteiger partial charge in [0.05, 0.1) is 11.6 Å². The summed E-state index contributed by atoms with van der Waals surface area (Å²) in [6.07, 6.45) is 7.43. The molecule has 142 valence electrons. The van der Waals surface area contributed by atoms with Crippen molar-refractivity contribution in [3.8, 4) is 0 Å². The maximum Gasteiger partial charge on any atom is 0.257 e. The Morgan fingerprint density at radius 3 is 2.52 bits per heavy atom. The van der Waals surface area contributed by atoms with Gasteiger partial charge < -0.3 is 4.90 Å². The summed E-state index contributed by atoms with van der Waals surface area (Å²) in [5.41, 5.74) is 1.51. The van der Waals surface area contributed by atoms with Crippen LogP contribution in [0, 0.1) is 0 Å². The summed E-state index contributed by atoms with van der Waals surface area (Å²) in [4.78, 5) is 33.4. The van der Waals surface area contributed by atoms with Crippen molar-refractivity contribution >= 4 is 28.3 Å². The van der Waals surface area contributed by atoms with Crippen LogP contribution in [0.4, 0.5) is 5.13 Å². The molecule has 4 rings (SSSR count). The first-order valence-corrected chi connectivity index (χ1v) is 10.7. The minimum atomic E-state index is -0.155. The lowest BCUT2D eigenvalue weighted by Crippen LogP contribution is -2.37. The number of carbonyl (C=O) groups is 2. The van der Waals surface area contributed by atoms with E-state index in [9.17, 15) is 9.59 Å². The molecule has 1 fully saturated rings. The largest absolute Gasteiger partial charge is 0.342 e. The van der Waals surface area contributed by atoms with Crippen molar-refractivity contribution in [2.24, 2.45) is 0 Å². The maximum atomic E-state index is 13.1. The van der Waals surface area contributed by atoms with Gasteiger partial charge in [0.1, 0.15) is 0 Å². The third-order valence-electron chi connectivity index (χ3n) is 5.43. The predicted molar refractivity (Wildman–Crippen MR) is 107 cm³/mol. The van der Waals surface area contributed by atoms with Gasteiger partial charge in [0.25, 0.3) is 5.91 Å². The summed E-state index contributed by atoms with van der Waals surface area (Å²) in [5, 5.41) is 3.51. The summed E-state index contributed by atoms with van der Waals surface area (Å²) >= 11 is 1.52. The van der Waals surface area contributed by atoms with E-state index in [-0.39, 0.29) is 17.7 Å². The maximum absolute atomic E-state index is 13.1. The van der Waals surface area contributed by atoms with E-state index >= 15 is 0 Å². The molecule has 2 heterocycles. The molecule has 1 unspecified atom stereocenters. The highest BCUT2D eigenvalue weighted by Crippen LogP contribution is 2.38. The highest BCUT2D eigenvalue weighted by molar-refractivity contribution is 7.15. The number of nitrogens with one attached hydrogen (secondary N) is 1. The zero-order chi connectivity index (χ0) is 18.6. The van der Waals surface area contributed by atoms with Crippen molar-refractivity contribution in [2.75, 3.05) is 18.4 Å². The van der Waals surface area contributed by atoms with Crippen molar-refractivity contribution in [3.05, 3.63) is 46.5 Å². The first-order chi connectivity index (χ1) is 13.2. The fourth-order valence-corrected chi connectivity index (χ4v) is 5.04. The zero-order valence-electron chi connectivity index (χ0n) is 15.4. The monoisotopic (exact) mass is 383 g/mol. The second-order valence-corrected chi connectivity index (χ2v) is 8.42. The molecule has 1 atom stereocenters. The van der Waals surface area contributed by atoms with Crippen molar-refractivity contribution < 1.29 is 9.59 Å². The van der Waals surface area contributed by atoms with Crippen LogP contribution in [0.15, 0.2) is 30.3 Å². The minimum Gasteiger partial charge on any atom is -0.342 e. The van der Waals surface area contributed by atoms with Gasteiger partial charge in [-0.3, -0.25) is 14.9 Å². The van der Waals surface area contributed by atoms with Gasteiger partial charge in [-0.15, -0.1) is 11.3 Å². The molecule has 1 aliphatic carbocycles. The van der Waals surface area contributed by atoms with Crippen molar-refractivity contribution in [1.29, 1.82) is 0 Å². The summed E-state index contributed by atoms with van der Waals surface area (Å²) in [5.74, 6) is -0.0772. The third-order valence-corrected chi connectivity index (χ3v) is 6.47.